The van der Waals surface area contributed by atoms with Crippen LogP contribution in [0.15, 0.2) is 54.6 Å². The van der Waals surface area contributed by atoms with Crippen molar-refractivity contribution in [2.24, 2.45) is 5.41 Å². The first-order valence-electron chi connectivity index (χ1n) is 9.30. The second kappa shape index (κ2) is 6.37. The van der Waals surface area contributed by atoms with Crippen LogP contribution < -0.4 is 4.72 Å². The molecule has 2 aliphatic rings. The molecule has 0 unspecified atom stereocenters. The summed E-state index contributed by atoms with van der Waals surface area (Å²) < 4.78 is 26.8. The lowest BCUT2D eigenvalue weighted by atomic mass is 9.94. The van der Waals surface area contributed by atoms with Crippen molar-refractivity contribution in [2.45, 2.75) is 43.3 Å². The highest BCUT2D eigenvalue weighted by atomic mass is 32.2. The molecule has 2 N–H and O–H groups in total. The van der Waals surface area contributed by atoms with E-state index < -0.39 is 21.4 Å². The lowest BCUT2D eigenvalue weighted by Crippen LogP contribution is -2.18. The van der Waals surface area contributed by atoms with E-state index in [-0.39, 0.29) is 17.1 Å². The number of nitrogens with one attached hydrogen (secondary N) is 1. The van der Waals surface area contributed by atoms with E-state index in [1.807, 2.05) is 49.4 Å². The molecule has 142 valence electrons. The molecule has 2 aliphatic carbocycles. The van der Waals surface area contributed by atoms with E-state index in [1.165, 1.54) is 0 Å². The number of rotatable bonds is 7. The highest BCUT2D eigenvalue weighted by Crippen LogP contribution is 2.72. The van der Waals surface area contributed by atoms with Crippen molar-refractivity contribution in [2.75, 3.05) is 4.72 Å². The Morgan fingerprint density at radius 3 is 2.07 bits per heavy atom. The standard InChI is InChI=1S/C21H23NO4S/c1-2-21(20(23)24)18(14-6-4-3-5-7-14)19(21)15-8-10-16(11-9-15)22-27(25,26)17-12-13-17/h3-11,17-19,22H,2,12-13H2,1H3,(H,23,24)/t18-,19-,21+/m0/s1. The Kier molecular flexibility index (Phi) is 4.26. The highest BCUT2D eigenvalue weighted by molar-refractivity contribution is 7.93. The number of sulfonamides is 1. The number of carboxylic acids is 1. The lowest BCUT2D eigenvalue weighted by molar-refractivity contribution is -0.143. The third-order valence-electron chi connectivity index (χ3n) is 5.97. The van der Waals surface area contributed by atoms with Gasteiger partial charge in [-0.25, -0.2) is 8.42 Å². The van der Waals surface area contributed by atoms with Crippen LogP contribution in [-0.4, -0.2) is 24.7 Å². The molecule has 6 heteroatoms. The first kappa shape index (κ1) is 18.0. The zero-order valence-corrected chi connectivity index (χ0v) is 15.9. The fourth-order valence-electron chi connectivity index (χ4n) is 4.32. The van der Waals surface area contributed by atoms with Gasteiger partial charge in [0.05, 0.1) is 10.7 Å². The molecule has 4 rings (SSSR count). The Bertz CT molecular complexity index is 951. The smallest absolute Gasteiger partial charge is 0.310 e. The normalized spacial score (nSPS) is 27.1. The molecule has 2 aromatic rings. The van der Waals surface area contributed by atoms with Crippen molar-refractivity contribution in [3.05, 3.63) is 65.7 Å². The number of benzene rings is 2. The summed E-state index contributed by atoms with van der Waals surface area (Å²) in [5, 5.41) is 9.68. The minimum Gasteiger partial charge on any atom is -0.481 e. The third-order valence-corrected chi connectivity index (χ3v) is 7.84. The van der Waals surface area contributed by atoms with E-state index in [4.69, 9.17) is 0 Å². The van der Waals surface area contributed by atoms with E-state index in [0.717, 1.165) is 11.1 Å². The zero-order valence-electron chi connectivity index (χ0n) is 15.1. The van der Waals surface area contributed by atoms with Crippen LogP contribution in [0.3, 0.4) is 0 Å². The van der Waals surface area contributed by atoms with Gasteiger partial charge in [-0.05, 0) is 42.5 Å². The third kappa shape index (κ3) is 3.02. The predicted molar refractivity (Wildman–Crippen MR) is 104 cm³/mol. The molecule has 0 spiro atoms. The van der Waals surface area contributed by atoms with Crippen LogP contribution in [-0.2, 0) is 14.8 Å². The van der Waals surface area contributed by atoms with Gasteiger partial charge in [0.25, 0.3) is 0 Å². The average molecular weight is 385 g/mol. The van der Waals surface area contributed by atoms with Crippen molar-refractivity contribution in [3.8, 4) is 0 Å². The molecule has 0 saturated heterocycles. The van der Waals surface area contributed by atoms with Crippen molar-refractivity contribution in [1.29, 1.82) is 0 Å². The van der Waals surface area contributed by atoms with Crippen LogP contribution in [0.2, 0.25) is 0 Å². The number of carbonyl (C=O) groups is 1. The van der Waals surface area contributed by atoms with E-state index in [2.05, 4.69) is 4.72 Å². The molecular formula is C21H23NO4S. The van der Waals surface area contributed by atoms with Crippen LogP contribution in [0.25, 0.3) is 0 Å². The summed E-state index contributed by atoms with van der Waals surface area (Å²) in [5.41, 5.74) is 1.68. The summed E-state index contributed by atoms with van der Waals surface area (Å²) in [6, 6.07) is 16.9. The summed E-state index contributed by atoms with van der Waals surface area (Å²) in [4.78, 5) is 12.1. The quantitative estimate of drug-likeness (QED) is 0.756. The first-order valence-corrected chi connectivity index (χ1v) is 10.8. The van der Waals surface area contributed by atoms with Gasteiger partial charge in [0, 0.05) is 17.5 Å². The number of aliphatic carboxylic acids is 1. The molecule has 0 heterocycles. The minimum absolute atomic E-state index is 0.0739. The SMILES string of the molecule is CC[C@@]1(C(=O)O)[C@@H](c2ccccc2)[C@@H]1c1ccc(NS(=O)(=O)C2CC2)cc1. The Morgan fingerprint density at radius 2 is 1.59 bits per heavy atom. The van der Waals surface area contributed by atoms with Crippen molar-refractivity contribution < 1.29 is 18.3 Å². The highest BCUT2D eigenvalue weighted by Gasteiger charge is 2.69. The molecular weight excluding hydrogens is 362 g/mol. The van der Waals surface area contributed by atoms with Gasteiger partial charge in [-0.1, -0.05) is 49.4 Å². The first-order chi connectivity index (χ1) is 12.9. The van der Waals surface area contributed by atoms with Gasteiger partial charge in [-0.2, -0.15) is 0 Å². The molecule has 0 radical (unpaired) electrons. The van der Waals surface area contributed by atoms with Gasteiger partial charge >= 0.3 is 5.97 Å². The topological polar surface area (TPSA) is 83.5 Å². The van der Waals surface area contributed by atoms with Crippen LogP contribution in [0.5, 0.6) is 0 Å². The maximum Gasteiger partial charge on any atom is 0.310 e. The van der Waals surface area contributed by atoms with E-state index >= 15 is 0 Å². The van der Waals surface area contributed by atoms with E-state index in [0.29, 0.717) is 24.9 Å². The monoisotopic (exact) mass is 385 g/mol. The van der Waals surface area contributed by atoms with Gasteiger partial charge < -0.3 is 5.11 Å². The average Bonchev–Trinajstić information content (AvgIpc) is 3.55. The predicted octanol–water partition coefficient (Wildman–Crippen LogP) is 3.95. The number of carboxylic acid groups (broad SMARTS) is 1. The molecule has 2 fully saturated rings. The molecule has 2 aromatic carbocycles. The van der Waals surface area contributed by atoms with Crippen LogP contribution >= 0.6 is 0 Å². The van der Waals surface area contributed by atoms with Crippen molar-refractivity contribution >= 4 is 21.7 Å². The van der Waals surface area contributed by atoms with Crippen molar-refractivity contribution in [3.63, 3.8) is 0 Å². The fraction of sp³-hybridized carbons (Fsp3) is 0.381. The Labute approximate surface area is 159 Å². The zero-order chi connectivity index (χ0) is 19.2. The van der Waals surface area contributed by atoms with Gasteiger partial charge in [-0.15, -0.1) is 0 Å². The summed E-state index contributed by atoms with van der Waals surface area (Å²) in [7, 11) is -3.30. The molecule has 3 atom stereocenters. The summed E-state index contributed by atoms with van der Waals surface area (Å²) in [6.45, 7) is 1.92. The molecule has 2 saturated carbocycles. The molecule has 0 bridgehead atoms. The molecule has 0 amide bonds. The minimum atomic E-state index is -3.30. The van der Waals surface area contributed by atoms with Gasteiger partial charge in [0.1, 0.15) is 0 Å². The second-order valence-corrected chi connectivity index (χ2v) is 9.49. The van der Waals surface area contributed by atoms with Crippen LogP contribution in [0.4, 0.5) is 5.69 Å². The summed E-state index contributed by atoms with van der Waals surface area (Å²) in [5.74, 6) is -0.964. The molecule has 27 heavy (non-hydrogen) atoms. The van der Waals surface area contributed by atoms with E-state index in [9.17, 15) is 18.3 Å². The Morgan fingerprint density at radius 1 is 1.04 bits per heavy atom. The lowest BCUT2D eigenvalue weighted by Gasteiger charge is -2.11. The van der Waals surface area contributed by atoms with E-state index in [1.54, 1.807) is 12.1 Å². The number of hydrogen-bond donors (Lipinski definition) is 2. The van der Waals surface area contributed by atoms with Gasteiger partial charge in [0.15, 0.2) is 0 Å². The summed E-state index contributed by atoms with van der Waals surface area (Å²) in [6.07, 6.45) is 1.97. The Balaban J connectivity index is 1.62. The Hall–Kier alpha value is -2.34. The van der Waals surface area contributed by atoms with Crippen LogP contribution in [0.1, 0.15) is 49.1 Å². The van der Waals surface area contributed by atoms with Gasteiger partial charge in [-0.3, -0.25) is 9.52 Å². The fourth-order valence-corrected chi connectivity index (χ4v) is 5.71. The molecule has 0 aliphatic heterocycles. The number of anilines is 1. The summed E-state index contributed by atoms with van der Waals surface area (Å²) >= 11 is 0. The second-order valence-electron chi connectivity index (χ2n) is 7.53. The largest absolute Gasteiger partial charge is 0.481 e. The maximum absolute atomic E-state index is 12.1. The van der Waals surface area contributed by atoms with Crippen molar-refractivity contribution in [1.82, 2.24) is 0 Å². The molecule has 5 nitrogen and oxygen atoms in total. The maximum atomic E-state index is 12.1. The van der Waals surface area contributed by atoms with Gasteiger partial charge in [0.2, 0.25) is 10.0 Å². The van der Waals surface area contributed by atoms with Crippen LogP contribution in [0, 0.1) is 5.41 Å². The molecule has 0 aromatic heterocycles. The number of hydrogen-bond acceptors (Lipinski definition) is 3.